The van der Waals surface area contributed by atoms with E-state index in [-0.39, 0.29) is 11.7 Å². The molecule has 1 aliphatic heterocycles. The SMILES string of the molecule is CC1(O)CCNCC1c1ccc(F)cc1. The highest BCUT2D eigenvalue weighted by molar-refractivity contribution is 5.24. The molecule has 1 aromatic carbocycles. The highest BCUT2D eigenvalue weighted by Crippen LogP contribution is 2.32. The fraction of sp³-hybridized carbons (Fsp3) is 0.500. The Hall–Kier alpha value is -0.930. The fourth-order valence-corrected chi connectivity index (χ4v) is 2.15. The number of halogens is 1. The summed E-state index contributed by atoms with van der Waals surface area (Å²) in [5, 5.41) is 13.5. The molecule has 2 unspecified atom stereocenters. The van der Waals surface area contributed by atoms with Gasteiger partial charge in [0.15, 0.2) is 0 Å². The third-order valence-electron chi connectivity index (χ3n) is 3.18. The molecule has 3 heteroatoms. The van der Waals surface area contributed by atoms with E-state index in [1.54, 1.807) is 12.1 Å². The zero-order valence-corrected chi connectivity index (χ0v) is 8.83. The van der Waals surface area contributed by atoms with Gasteiger partial charge in [0.1, 0.15) is 5.82 Å². The molecular formula is C12H16FNO. The molecule has 82 valence electrons. The Morgan fingerprint density at radius 2 is 2.07 bits per heavy atom. The van der Waals surface area contributed by atoms with E-state index in [4.69, 9.17) is 0 Å². The van der Waals surface area contributed by atoms with Gasteiger partial charge in [-0.05, 0) is 37.6 Å². The van der Waals surface area contributed by atoms with E-state index in [0.717, 1.165) is 25.1 Å². The standard InChI is InChI=1S/C12H16FNO/c1-12(15)6-7-14-8-11(12)9-2-4-10(13)5-3-9/h2-5,11,14-15H,6-8H2,1H3. The van der Waals surface area contributed by atoms with Gasteiger partial charge in [0.2, 0.25) is 0 Å². The lowest BCUT2D eigenvalue weighted by atomic mass is 9.79. The maximum absolute atomic E-state index is 12.8. The van der Waals surface area contributed by atoms with Crippen LogP contribution in [0.3, 0.4) is 0 Å². The van der Waals surface area contributed by atoms with Crippen molar-refractivity contribution in [3.05, 3.63) is 35.6 Å². The molecule has 2 N–H and O–H groups in total. The second kappa shape index (κ2) is 3.91. The summed E-state index contributed by atoms with van der Waals surface area (Å²) in [5.41, 5.74) is 0.303. The van der Waals surface area contributed by atoms with Crippen LogP contribution in [0.25, 0.3) is 0 Å². The zero-order valence-electron chi connectivity index (χ0n) is 8.83. The van der Waals surface area contributed by atoms with Crippen LogP contribution in [0.4, 0.5) is 4.39 Å². The van der Waals surface area contributed by atoms with E-state index in [1.165, 1.54) is 12.1 Å². The van der Waals surface area contributed by atoms with Crippen molar-refractivity contribution in [3.8, 4) is 0 Å². The number of aliphatic hydroxyl groups is 1. The van der Waals surface area contributed by atoms with Gasteiger partial charge in [0, 0.05) is 12.5 Å². The van der Waals surface area contributed by atoms with Crippen molar-refractivity contribution in [1.82, 2.24) is 5.32 Å². The number of piperidine rings is 1. The average molecular weight is 209 g/mol. The van der Waals surface area contributed by atoms with Crippen LogP contribution in [0.1, 0.15) is 24.8 Å². The molecule has 1 fully saturated rings. The first-order chi connectivity index (χ1) is 7.09. The smallest absolute Gasteiger partial charge is 0.123 e. The number of rotatable bonds is 1. The van der Waals surface area contributed by atoms with Gasteiger partial charge in [-0.15, -0.1) is 0 Å². The predicted octanol–water partition coefficient (Wildman–Crippen LogP) is 1.65. The molecule has 0 bridgehead atoms. The molecule has 0 aromatic heterocycles. The van der Waals surface area contributed by atoms with Gasteiger partial charge in [0.25, 0.3) is 0 Å². The van der Waals surface area contributed by atoms with E-state index in [9.17, 15) is 9.50 Å². The Kier molecular flexibility index (Phi) is 2.76. The van der Waals surface area contributed by atoms with Crippen LogP contribution in [0.2, 0.25) is 0 Å². The molecule has 15 heavy (non-hydrogen) atoms. The number of benzene rings is 1. The number of nitrogens with one attached hydrogen (secondary N) is 1. The summed E-state index contributed by atoms with van der Waals surface area (Å²) in [5.74, 6) is -0.186. The second-order valence-corrected chi connectivity index (χ2v) is 4.42. The van der Waals surface area contributed by atoms with E-state index >= 15 is 0 Å². The summed E-state index contributed by atoms with van der Waals surface area (Å²) in [6.07, 6.45) is 0.731. The van der Waals surface area contributed by atoms with Gasteiger partial charge in [0.05, 0.1) is 5.60 Å². The zero-order chi connectivity index (χ0) is 10.9. The van der Waals surface area contributed by atoms with Gasteiger partial charge in [-0.2, -0.15) is 0 Å². The van der Waals surface area contributed by atoms with Crippen LogP contribution in [-0.2, 0) is 0 Å². The summed E-state index contributed by atoms with van der Waals surface area (Å²) in [6, 6.07) is 6.39. The van der Waals surface area contributed by atoms with Crippen molar-refractivity contribution in [2.75, 3.05) is 13.1 Å². The van der Waals surface area contributed by atoms with Crippen LogP contribution in [0.15, 0.2) is 24.3 Å². The Balaban J connectivity index is 2.25. The van der Waals surface area contributed by atoms with Gasteiger partial charge in [-0.1, -0.05) is 12.1 Å². The Labute approximate surface area is 89.1 Å². The summed E-state index contributed by atoms with van der Waals surface area (Å²) >= 11 is 0. The largest absolute Gasteiger partial charge is 0.389 e. The van der Waals surface area contributed by atoms with Crippen LogP contribution in [0.5, 0.6) is 0 Å². The van der Waals surface area contributed by atoms with Crippen molar-refractivity contribution >= 4 is 0 Å². The highest BCUT2D eigenvalue weighted by atomic mass is 19.1. The Morgan fingerprint density at radius 1 is 1.40 bits per heavy atom. The minimum absolute atomic E-state index is 0.0480. The minimum Gasteiger partial charge on any atom is -0.389 e. The van der Waals surface area contributed by atoms with Crippen molar-refractivity contribution in [1.29, 1.82) is 0 Å². The normalized spacial score (nSPS) is 31.5. The molecule has 2 atom stereocenters. The van der Waals surface area contributed by atoms with Gasteiger partial charge < -0.3 is 10.4 Å². The van der Waals surface area contributed by atoms with Crippen LogP contribution in [-0.4, -0.2) is 23.8 Å². The van der Waals surface area contributed by atoms with Crippen LogP contribution in [0, 0.1) is 5.82 Å². The highest BCUT2D eigenvalue weighted by Gasteiger charge is 2.35. The number of hydrogen-bond acceptors (Lipinski definition) is 2. The lowest BCUT2D eigenvalue weighted by molar-refractivity contribution is 0.00780. The molecular weight excluding hydrogens is 193 g/mol. The summed E-state index contributed by atoms with van der Waals surface area (Å²) in [6.45, 7) is 3.44. The third-order valence-corrected chi connectivity index (χ3v) is 3.18. The van der Waals surface area contributed by atoms with Gasteiger partial charge >= 0.3 is 0 Å². The van der Waals surface area contributed by atoms with Crippen LogP contribution >= 0.6 is 0 Å². The lowest BCUT2D eigenvalue weighted by Gasteiger charge is -2.37. The molecule has 0 radical (unpaired) electrons. The minimum atomic E-state index is -0.691. The molecule has 0 aliphatic carbocycles. The third kappa shape index (κ3) is 2.19. The summed E-state index contributed by atoms with van der Waals surface area (Å²) in [4.78, 5) is 0. The first kappa shape index (κ1) is 10.6. The Bertz CT molecular complexity index is 334. The van der Waals surface area contributed by atoms with Crippen LogP contribution < -0.4 is 5.32 Å². The summed E-state index contributed by atoms with van der Waals surface area (Å²) in [7, 11) is 0. The van der Waals surface area contributed by atoms with E-state index in [1.807, 2.05) is 6.92 Å². The predicted molar refractivity (Wildman–Crippen MR) is 57.3 cm³/mol. The Morgan fingerprint density at radius 3 is 2.67 bits per heavy atom. The molecule has 0 amide bonds. The summed E-state index contributed by atoms with van der Waals surface area (Å²) < 4.78 is 12.8. The molecule has 2 rings (SSSR count). The molecule has 2 nitrogen and oxygen atoms in total. The molecule has 1 aromatic rings. The maximum atomic E-state index is 12.8. The number of hydrogen-bond donors (Lipinski definition) is 2. The van der Waals surface area contributed by atoms with E-state index in [0.29, 0.717) is 0 Å². The fourth-order valence-electron chi connectivity index (χ4n) is 2.15. The van der Waals surface area contributed by atoms with Crippen molar-refractivity contribution in [2.24, 2.45) is 0 Å². The molecule has 0 saturated carbocycles. The maximum Gasteiger partial charge on any atom is 0.123 e. The molecule has 1 aliphatic rings. The lowest BCUT2D eigenvalue weighted by Crippen LogP contribution is -2.46. The van der Waals surface area contributed by atoms with E-state index < -0.39 is 5.60 Å². The average Bonchev–Trinajstić information content (AvgIpc) is 2.19. The van der Waals surface area contributed by atoms with Crippen molar-refractivity contribution in [3.63, 3.8) is 0 Å². The van der Waals surface area contributed by atoms with Crippen molar-refractivity contribution < 1.29 is 9.50 Å². The monoisotopic (exact) mass is 209 g/mol. The quantitative estimate of drug-likeness (QED) is 0.737. The molecule has 1 heterocycles. The van der Waals surface area contributed by atoms with Gasteiger partial charge in [-0.25, -0.2) is 4.39 Å². The second-order valence-electron chi connectivity index (χ2n) is 4.42. The molecule has 0 spiro atoms. The first-order valence-corrected chi connectivity index (χ1v) is 5.28. The van der Waals surface area contributed by atoms with Gasteiger partial charge in [-0.3, -0.25) is 0 Å². The van der Waals surface area contributed by atoms with E-state index in [2.05, 4.69) is 5.32 Å². The first-order valence-electron chi connectivity index (χ1n) is 5.28. The topological polar surface area (TPSA) is 32.3 Å². The van der Waals surface area contributed by atoms with Crippen molar-refractivity contribution in [2.45, 2.75) is 24.9 Å². The molecule has 1 saturated heterocycles.